The average molecular weight is 321 g/mol. The minimum absolute atomic E-state index is 0.0413. The van der Waals surface area contributed by atoms with Crippen molar-refractivity contribution in [2.24, 2.45) is 17.8 Å². The summed E-state index contributed by atoms with van der Waals surface area (Å²) < 4.78 is 6.08. The molecule has 2 saturated carbocycles. The first kappa shape index (κ1) is 15.4. The van der Waals surface area contributed by atoms with Crippen molar-refractivity contribution in [3.63, 3.8) is 0 Å². The monoisotopic (exact) mass is 321 g/mol. The minimum Gasteiger partial charge on any atom is -0.368 e. The van der Waals surface area contributed by atoms with E-state index in [2.05, 4.69) is 17.1 Å². The molecule has 0 aromatic carbocycles. The summed E-state index contributed by atoms with van der Waals surface area (Å²) in [4.78, 5) is 28.7. The topological polar surface area (TPSA) is 61.9 Å². The molecule has 0 bridgehead atoms. The molecular formula is C17H27N3O3. The van der Waals surface area contributed by atoms with Gasteiger partial charge in [-0.3, -0.25) is 14.5 Å². The molecule has 6 nitrogen and oxygen atoms in total. The quantitative estimate of drug-likeness (QED) is 0.797. The largest absolute Gasteiger partial charge is 0.368 e. The number of amides is 2. The zero-order chi connectivity index (χ0) is 16.2. The number of nitrogens with one attached hydrogen (secondary N) is 1. The maximum absolute atomic E-state index is 12.3. The zero-order valence-corrected chi connectivity index (χ0v) is 14.1. The number of carbonyl (C=O) groups is 2. The first-order valence-electron chi connectivity index (χ1n) is 8.90. The molecule has 2 saturated heterocycles. The van der Waals surface area contributed by atoms with Gasteiger partial charge in [-0.15, -0.1) is 0 Å². The highest BCUT2D eigenvalue weighted by Crippen LogP contribution is 2.42. The van der Waals surface area contributed by atoms with E-state index in [-0.39, 0.29) is 23.5 Å². The van der Waals surface area contributed by atoms with Crippen molar-refractivity contribution >= 4 is 11.8 Å². The first-order valence-corrected chi connectivity index (χ1v) is 8.90. The lowest BCUT2D eigenvalue weighted by atomic mass is 9.89. The van der Waals surface area contributed by atoms with Crippen molar-refractivity contribution in [1.82, 2.24) is 15.1 Å². The normalized spacial score (nSPS) is 35.7. The van der Waals surface area contributed by atoms with Gasteiger partial charge in [-0.2, -0.15) is 0 Å². The number of carbonyl (C=O) groups excluding carboxylic acids is 2. The van der Waals surface area contributed by atoms with Gasteiger partial charge in [0.05, 0.1) is 19.7 Å². The first-order chi connectivity index (χ1) is 11.0. The highest BCUT2D eigenvalue weighted by molar-refractivity contribution is 5.83. The summed E-state index contributed by atoms with van der Waals surface area (Å²) in [5, 5.41) is 2.75. The van der Waals surface area contributed by atoms with Crippen molar-refractivity contribution in [2.75, 3.05) is 39.8 Å². The van der Waals surface area contributed by atoms with E-state index in [1.54, 1.807) is 7.05 Å². The van der Waals surface area contributed by atoms with Gasteiger partial charge in [-0.1, -0.05) is 6.92 Å². The van der Waals surface area contributed by atoms with Crippen LogP contribution in [-0.2, 0) is 14.3 Å². The summed E-state index contributed by atoms with van der Waals surface area (Å²) >= 11 is 0. The molecule has 2 amide bonds. The molecule has 2 aliphatic heterocycles. The molecule has 4 aliphatic rings. The summed E-state index contributed by atoms with van der Waals surface area (Å²) in [5.41, 5.74) is -0.243. The van der Waals surface area contributed by atoms with Crippen LogP contribution >= 0.6 is 0 Å². The molecule has 0 radical (unpaired) electrons. The molecule has 3 atom stereocenters. The third-order valence-electron chi connectivity index (χ3n) is 5.91. The Morgan fingerprint density at radius 3 is 2.52 bits per heavy atom. The van der Waals surface area contributed by atoms with Crippen LogP contribution in [0.2, 0.25) is 0 Å². The summed E-state index contributed by atoms with van der Waals surface area (Å²) in [5.74, 6) is 1.88. The lowest BCUT2D eigenvalue weighted by Gasteiger charge is -2.55. The highest BCUT2D eigenvalue weighted by Gasteiger charge is 2.54. The maximum atomic E-state index is 12.3. The predicted molar refractivity (Wildman–Crippen MR) is 84.7 cm³/mol. The number of rotatable bonds is 4. The molecule has 128 valence electrons. The predicted octanol–water partition coefficient (Wildman–Crippen LogP) is 0.0802. The molecule has 1 spiro atoms. The number of morpholine rings is 1. The lowest BCUT2D eigenvalue weighted by Crippen LogP contribution is -2.74. The molecule has 23 heavy (non-hydrogen) atoms. The molecule has 0 unspecified atom stereocenters. The van der Waals surface area contributed by atoms with Gasteiger partial charge < -0.3 is 15.0 Å². The van der Waals surface area contributed by atoms with E-state index in [9.17, 15) is 9.59 Å². The smallest absolute Gasteiger partial charge is 0.239 e. The van der Waals surface area contributed by atoms with Crippen LogP contribution in [0.4, 0.5) is 0 Å². The van der Waals surface area contributed by atoms with Crippen molar-refractivity contribution < 1.29 is 14.3 Å². The SMILES string of the molecule is CNC(=O)[C@@H]1COC2(CN(C(=O)[C@H]3C[C@H]3C)C2)CN1CC1CC1. The van der Waals surface area contributed by atoms with Crippen molar-refractivity contribution in [2.45, 2.75) is 37.8 Å². The Morgan fingerprint density at radius 1 is 1.26 bits per heavy atom. The second-order valence-corrected chi connectivity index (χ2v) is 8.01. The number of hydrogen-bond donors (Lipinski definition) is 1. The third-order valence-corrected chi connectivity index (χ3v) is 5.91. The average Bonchev–Trinajstić information content (AvgIpc) is 3.42. The van der Waals surface area contributed by atoms with E-state index in [0.29, 0.717) is 31.5 Å². The number of likely N-dealkylation sites (N-methyl/N-ethyl adjacent to an activating group) is 1. The van der Waals surface area contributed by atoms with Crippen LogP contribution in [-0.4, -0.2) is 73.1 Å². The van der Waals surface area contributed by atoms with Gasteiger partial charge in [0.2, 0.25) is 11.8 Å². The molecule has 4 rings (SSSR count). The summed E-state index contributed by atoms with van der Waals surface area (Å²) in [6.07, 6.45) is 3.58. The molecule has 0 aromatic heterocycles. The van der Waals surface area contributed by atoms with E-state index in [1.165, 1.54) is 12.8 Å². The standard InChI is InChI=1S/C17H27N3O3/c1-11-5-13(11)16(22)20-9-17(10-20)8-19(6-12-3-4-12)14(7-23-17)15(21)18-2/h11-14H,3-10H2,1-2H3,(H,18,21)/t11-,13+,14+/m1/s1. The van der Waals surface area contributed by atoms with E-state index in [4.69, 9.17) is 4.74 Å². The Balaban J connectivity index is 1.37. The highest BCUT2D eigenvalue weighted by atomic mass is 16.5. The zero-order valence-electron chi connectivity index (χ0n) is 14.1. The Labute approximate surface area is 137 Å². The Kier molecular flexibility index (Phi) is 3.65. The number of likely N-dealkylation sites (tertiary alicyclic amines) is 1. The van der Waals surface area contributed by atoms with Gasteiger partial charge in [0.1, 0.15) is 11.6 Å². The van der Waals surface area contributed by atoms with Gasteiger partial charge >= 0.3 is 0 Å². The van der Waals surface area contributed by atoms with E-state index in [0.717, 1.165) is 25.4 Å². The fourth-order valence-electron chi connectivity index (χ4n) is 4.02. The molecule has 4 fully saturated rings. The van der Waals surface area contributed by atoms with Crippen LogP contribution in [0.5, 0.6) is 0 Å². The fraction of sp³-hybridized carbons (Fsp3) is 0.882. The van der Waals surface area contributed by atoms with Crippen LogP contribution in [0.25, 0.3) is 0 Å². The molecule has 0 aromatic rings. The molecule has 6 heteroatoms. The number of ether oxygens (including phenoxy) is 1. The Hall–Kier alpha value is -1.14. The van der Waals surface area contributed by atoms with Crippen LogP contribution in [0.15, 0.2) is 0 Å². The maximum Gasteiger partial charge on any atom is 0.239 e. The van der Waals surface area contributed by atoms with Crippen LogP contribution in [0.1, 0.15) is 26.2 Å². The van der Waals surface area contributed by atoms with Crippen molar-refractivity contribution in [1.29, 1.82) is 0 Å². The summed E-state index contributed by atoms with van der Waals surface area (Å²) in [6, 6.07) is -0.181. The van der Waals surface area contributed by atoms with Gasteiger partial charge in [0.25, 0.3) is 0 Å². The molecule has 2 heterocycles. The van der Waals surface area contributed by atoms with Gasteiger partial charge in [0, 0.05) is 26.1 Å². The van der Waals surface area contributed by atoms with Gasteiger partial charge in [-0.05, 0) is 31.1 Å². The third kappa shape index (κ3) is 2.87. The van der Waals surface area contributed by atoms with Crippen LogP contribution < -0.4 is 5.32 Å². The lowest BCUT2D eigenvalue weighted by molar-refractivity contribution is -0.205. The summed E-state index contributed by atoms with van der Waals surface area (Å²) in [7, 11) is 1.68. The van der Waals surface area contributed by atoms with Gasteiger partial charge in [-0.25, -0.2) is 0 Å². The summed E-state index contributed by atoms with van der Waals surface area (Å²) in [6.45, 7) is 5.71. The van der Waals surface area contributed by atoms with E-state index >= 15 is 0 Å². The van der Waals surface area contributed by atoms with Crippen molar-refractivity contribution in [3.8, 4) is 0 Å². The molecule has 2 aliphatic carbocycles. The minimum atomic E-state index is -0.243. The molecule has 1 N–H and O–H groups in total. The van der Waals surface area contributed by atoms with E-state index < -0.39 is 0 Å². The van der Waals surface area contributed by atoms with Gasteiger partial charge in [0.15, 0.2) is 0 Å². The second-order valence-electron chi connectivity index (χ2n) is 8.01. The fourth-order valence-corrected chi connectivity index (χ4v) is 4.02. The second kappa shape index (κ2) is 5.45. The Bertz CT molecular complexity index is 513. The number of nitrogens with zero attached hydrogens (tertiary/aromatic N) is 2. The van der Waals surface area contributed by atoms with Crippen LogP contribution in [0, 0.1) is 17.8 Å². The Morgan fingerprint density at radius 2 is 1.96 bits per heavy atom. The molecular weight excluding hydrogens is 294 g/mol. The van der Waals surface area contributed by atoms with E-state index in [1.807, 2.05) is 4.90 Å². The number of hydrogen-bond acceptors (Lipinski definition) is 4. The van der Waals surface area contributed by atoms with Crippen molar-refractivity contribution in [3.05, 3.63) is 0 Å². The van der Waals surface area contributed by atoms with Crippen LogP contribution in [0.3, 0.4) is 0 Å².